The second-order valence-electron chi connectivity index (χ2n) is 9.52. The van der Waals surface area contributed by atoms with Crippen molar-refractivity contribution in [3.05, 3.63) is 0 Å². The number of rotatable bonds is 9. The Balaban J connectivity index is 1.82. The highest BCUT2D eigenvalue weighted by atomic mass is 15.2. The van der Waals surface area contributed by atoms with Gasteiger partial charge in [0.1, 0.15) is 0 Å². The third kappa shape index (κ3) is 8.86. The Bertz CT molecular complexity index is 263. The van der Waals surface area contributed by atoms with Gasteiger partial charge in [-0.05, 0) is 44.9 Å². The van der Waals surface area contributed by atoms with Crippen molar-refractivity contribution in [3.63, 3.8) is 0 Å². The van der Waals surface area contributed by atoms with Crippen LogP contribution in [0.3, 0.4) is 0 Å². The molecule has 1 saturated heterocycles. The summed E-state index contributed by atoms with van der Waals surface area (Å²) in [5.41, 5.74) is 0.924. The van der Waals surface area contributed by atoms with Gasteiger partial charge in [0.2, 0.25) is 0 Å². The molecule has 0 aromatic rings. The first kappa shape index (κ1) is 19.0. The molecule has 1 fully saturated rings. The molecule has 0 aromatic carbocycles. The highest BCUT2D eigenvalue weighted by molar-refractivity contribution is 4.88. The molecule has 0 saturated carbocycles. The summed E-state index contributed by atoms with van der Waals surface area (Å²) in [6.45, 7) is 16.8. The van der Waals surface area contributed by atoms with Gasteiger partial charge in [0, 0.05) is 18.6 Å². The molecule has 0 N–H and O–H groups in total. The molecule has 0 bridgehead atoms. The highest BCUT2D eigenvalue weighted by Crippen LogP contribution is 2.28. The predicted molar refractivity (Wildman–Crippen MR) is 95.8 cm³/mol. The quantitative estimate of drug-likeness (QED) is 0.453. The smallest absolute Gasteiger partial charge is 0.0125 e. The van der Waals surface area contributed by atoms with Crippen LogP contribution in [-0.4, -0.2) is 23.5 Å². The van der Waals surface area contributed by atoms with Crippen LogP contribution in [0.15, 0.2) is 0 Å². The molecular formula is C20H41N. The molecule has 21 heavy (non-hydrogen) atoms. The monoisotopic (exact) mass is 295 g/mol. The molecule has 0 spiro atoms. The second-order valence-corrected chi connectivity index (χ2v) is 9.52. The number of unbranched alkanes of at least 4 members (excludes halogenated alkanes) is 6. The molecular weight excluding hydrogens is 254 g/mol. The van der Waals surface area contributed by atoms with Crippen LogP contribution < -0.4 is 0 Å². The lowest BCUT2D eigenvalue weighted by molar-refractivity contribution is 0.00955. The fourth-order valence-corrected chi connectivity index (χ4v) is 3.27. The lowest BCUT2D eigenvalue weighted by atomic mass is 9.88. The largest absolute Gasteiger partial charge is 0.298 e. The van der Waals surface area contributed by atoms with Crippen LogP contribution in [0.5, 0.6) is 0 Å². The number of hydrogen-bond donors (Lipinski definition) is 0. The third-order valence-electron chi connectivity index (χ3n) is 4.95. The molecule has 1 heteroatoms. The van der Waals surface area contributed by atoms with Gasteiger partial charge in [0.25, 0.3) is 0 Å². The van der Waals surface area contributed by atoms with Gasteiger partial charge in [-0.3, -0.25) is 4.90 Å². The maximum atomic E-state index is 2.62. The standard InChI is InChI=1S/C20H41N/c1-19(2,3)15-13-11-9-7-8-10-12-14-18-16-21(17-18)20(4,5)6/h18H,7-17H2,1-6H3. The van der Waals surface area contributed by atoms with E-state index >= 15 is 0 Å². The summed E-state index contributed by atoms with van der Waals surface area (Å²) in [6.07, 6.45) is 13.0. The minimum Gasteiger partial charge on any atom is -0.298 e. The average molecular weight is 296 g/mol. The molecule has 0 aromatic heterocycles. The van der Waals surface area contributed by atoms with Crippen LogP contribution in [0.4, 0.5) is 0 Å². The SMILES string of the molecule is CC(C)(C)CCCCCCCCCC1CN(C(C)(C)C)C1. The predicted octanol–water partition coefficient (Wildman–Crippen LogP) is 6.27. The maximum Gasteiger partial charge on any atom is 0.0125 e. The van der Waals surface area contributed by atoms with Gasteiger partial charge in [-0.2, -0.15) is 0 Å². The summed E-state index contributed by atoms with van der Waals surface area (Å²) in [4.78, 5) is 2.62. The molecule has 0 unspecified atom stereocenters. The summed E-state index contributed by atoms with van der Waals surface area (Å²) in [5, 5.41) is 0. The van der Waals surface area contributed by atoms with E-state index in [2.05, 4.69) is 46.4 Å². The summed E-state index contributed by atoms with van der Waals surface area (Å²) < 4.78 is 0. The Hall–Kier alpha value is -0.0400. The van der Waals surface area contributed by atoms with E-state index in [1.165, 1.54) is 70.9 Å². The molecule has 1 heterocycles. The Morgan fingerprint density at radius 3 is 1.67 bits per heavy atom. The number of likely N-dealkylation sites (tertiary alicyclic amines) is 1. The van der Waals surface area contributed by atoms with E-state index in [-0.39, 0.29) is 0 Å². The van der Waals surface area contributed by atoms with Gasteiger partial charge in [-0.25, -0.2) is 0 Å². The summed E-state index contributed by atoms with van der Waals surface area (Å²) in [6, 6.07) is 0. The lowest BCUT2D eigenvalue weighted by Gasteiger charge is -2.48. The molecule has 0 radical (unpaired) electrons. The van der Waals surface area contributed by atoms with Gasteiger partial charge in [0.05, 0.1) is 0 Å². The third-order valence-corrected chi connectivity index (χ3v) is 4.95. The van der Waals surface area contributed by atoms with Crippen LogP contribution in [0.1, 0.15) is 99.3 Å². The normalized spacial score (nSPS) is 18.0. The van der Waals surface area contributed by atoms with E-state index < -0.39 is 0 Å². The van der Waals surface area contributed by atoms with Crippen molar-refractivity contribution in [2.45, 2.75) is 105 Å². The van der Waals surface area contributed by atoms with E-state index in [9.17, 15) is 0 Å². The Kier molecular flexibility index (Phi) is 7.74. The van der Waals surface area contributed by atoms with Gasteiger partial charge >= 0.3 is 0 Å². The van der Waals surface area contributed by atoms with Crippen molar-refractivity contribution < 1.29 is 0 Å². The van der Waals surface area contributed by atoms with Gasteiger partial charge in [-0.1, -0.05) is 65.7 Å². The molecule has 1 nitrogen and oxygen atoms in total. The average Bonchev–Trinajstić information content (AvgIpc) is 2.25. The molecule has 1 aliphatic rings. The first-order valence-corrected chi connectivity index (χ1v) is 9.43. The molecule has 0 aliphatic carbocycles. The zero-order valence-electron chi connectivity index (χ0n) is 15.8. The number of nitrogens with zero attached hydrogens (tertiary/aromatic N) is 1. The van der Waals surface area contributed by atoms with Crippen LogP contribution in [0.2, 0.25) is 0 Å². The minimum absolute atomic E-state index is 0.392. The van der Waals surface area contributed by atoms with Crippen molar-refractivity contribution in [3.8, 4) is 0 Å². The van der Waals surface area contributed by atoms with Gasteiger partial charge in [0.15, 0.2) is 0 Å². The zero-order chi connectivity index (χ0) is 15.9. The molecule has 1 aliphatic heterocycles. The van der Waals surface area contributed by atoms with E-state index in [0.717, 1.165) is 5.92 Å². The summed E-state index contributed by atoms with van der Waals surface area (Å²) in [7, 11) is 0. The minimum atomic E-state index is 0.392. The zero-order valence-corrected chi connectivity index (χ0v) is 15.8. The van der Waals surface area contributed by atoms with E-state index in [1.807, 2.05) is 0 Å². The molecule has 1 rings (SSSR count). The van der Waals surface area contributed by atoms with Crippen LogP contribution in [0.25, 0.3) is 0 Å². The molecule has 0 amide bonds. The topological polar surface area (TPSA) is 3.24 Å². The fraction of sp³-hybridized carbons (Fsp3) is 1.00. The first-order chi connectivity index (χ1) is 9.68. The molecule has 126 valence electrons. The van der Waals surface area contributed by atoms with Crippen molar-refractivity contribution in [2.75, 3.05) is 13.1 Å². The highest BCUT2D eigenvalue weighted by Gasteiger charge is 2.33. The van der Waals surface area contributed by atoms with Crippen molar-refractivity contribution in [1.29, 1.82) is 0 Å². The van der Waals surface area contributed by atoms with Crippen molar-refractivity contribution in [2.24, 2.45) is 11.3 Å². The van der Waals surface area contributed by atoms with Crippen molar-refractivity contribution >= 4 is 0 Å². The van der Waals surface area contributed by atoms with Crippen molar-refractivity contribution in [1.82, 2.24) is 4.90 Å². The first-order valence-electron chi connectivity index (χ1n) is 9.43. The van der Waals surface area contributed by atoms with Crippen LogP contribution in [0, 0.1) is 11.3 Å². The summed E-state index contributed by atoms with van der Waals surface area (Å²) in [5.74, 6) is 0.996. The Morgan fingerprint density at radius 2 is 1.19 bits per heavy atom. The number of hydrogen-bond acceptors (Lipinski definition) is 1. The Labute approximate surface area is 134 Å². The Morgan fingerprint density at radius 1 is 0.714 bits per heavy atom. The van der Waals surface area contributed by atoms with Crippen LogP contribution >= 0.6 is 0 Å². The van der Waals surface area contributed by atoms with E-state index in [0.29, 0.717) is 11.0 Å². The van der Waals surface area contributed by atoms with Gasteiger partial charge < -0.3 is 0 Å². The summed E-state index contributed by atoms with van der Waals surface area (Å²) >= 11 is 0. The fourth-order valence-electron chi connectivity index (χ4n) is 3.27. The van der Waals surface area contributed by atoms with E-state index in [4.69, 9.17) is 0 Å². The van der Waals surface area contributed by atoms with Gasteiger partial charge in [-0.15, -0.1) is 0 Å². The van der Waals surface area contributed by atoms with Crippen LogP contribution in [-0.2, 0) is 0 Å². The lowest BCUT2D eigenvalue weighted by Crippen LogP contribution is -2.55. The second kappa shape index (κ2) is 8.56. The van der Waals surface area contributed by atoms with E-state index in [1.54, 1.807) is 0 Å². The maximum absolute atomic E-state index is 2.62. The molecule has 0 atom stereocenters.